The van der Waals surface area contributed by atoms with Crippen LogP contribution in [0.25, 0.3) is 0 Å². The van der Waals surface area contributed by atoms with Crippen LogP contribution in [0, 0.1) is 5.82 Å². The van der Waals surface area contributed by atoms with Crippen molar-refractivity contribution in [2.75, 3.05) is 7.11 Å². The third-order valence-electron chi connectivity index (χ3n) is 2.35. The Kier molecular flexibility index (Phi) is 6.42. The van der Waals surface area contributed by atoms with Crippen molar-refractivity contribution in [1.29, 1.82) is 0 Å². The lowest BCUT2D eigenvalue weighted by Crippen LogP contribution is -2.17. The van der Waals surface area contributed by atoms with E-state index in [4.69, 9.17) is 10.5 Å². The summed E-state index contributed by atoms with van der Waals surface area (Å²) in [5, 5.41) is 0. The van der Waals surface area contributed by atoms with Gasteiger partial charge in [-0.25, -0.2) is 4.39 Å². The zero-order valence-corrected chi connectivity index (χ0v) is 10.4. The molecule has 0 aliphatic rings. The van der Waals surface area contributed by atoms with Crippen molar-refractivity contribution in [1.82, 2.24) is 0 Å². The van der Waals surface area contributed by atoms with Crippen LogP contribution in [0.15, 0.2) is 18.2 Å². The van der Waals surface area contributed by atoms with Crippen molar-refractivity contribution in [3.05, 3.63) is 29.6 Å². The summed E-state index contributed by atoms with van der Waals surface area (Å²) in [7, 11) is 1.28. The molecule has 104 valence electrons. The van der Waals surface area contributed by atoms with E-state index in [0.717, 1.165) is 0 Å². The van der Waals surface area contributed by atoms with Crippen LogP contribution < -0.4 is 10.5 Å². The molecule has 1 rings (SSSR count). The minimum absolute atomic E-state index is 0. The molecule has 7 heteroatoms. The Morgan fingerprint density at radius 3 is 2.44 bits per heavy atom. The Morgan fingerprint density at radius 2 is 1.94 bits per heavy atom. The summed E-state index contributed by atoms with van der Waals surface area (Å²) in [4.78, 5) is 0. The van der Waals surface area contributed by atoms with Gasteiger partial charge in [0.05, 0.1) is 7.11 Å². The van der Waals surface area contributed by atoms with Crippen LogP contribution in [-0.2, 0) is 0 Å². The molecule has 0 aliphatic carbocycles. The average Bonchev–Trinajstić information content (AvgIpc) is 2.25. The van der Waals surface area contributed by atoms with Crippen molar-refractivity contribution in [3.8, 4) is 5.75 Å². The summed E-state index contributed by atoms with van der Waals surface area (Å²) in [6.07, 6.45) is -5.68. The van der Waals surface area contributed by atoms with Gasteiger partial charge in [-0.05, 0) is 12.5 Å². The van der Waals surface area contributed by atoms with Gasteiger partial charge in [0, 0.05) is 18.0 Å². The summed E-state index contributed by atoms with van der Waals surface area (Å²) in [6, 6.07) is 3.24. The molecule has 0 aromatic heterocycles. The summed E-state index contributed by atoms with van der Waals surface area (Å²) < 4.78 is 54.4. The van der Waals surface area contributed by atoms with Gasteiger partial charge in [0.2, 0.25) is 0 Å². The van der Waals surface area contributed by atoms with Crippen LogP contribution in [-0.4, -0.2) is 13.3 Å². The van der Waals surface area contributed by atoms with Crippen LogP contribution in [0.4, 0.5) is 17.6 Å². The number of hydrogen-bond acceptors (Lipinski definition) is 2. The highest BCUT2D eigenvalue weighted by molar-refractivity contribution is 5.85. The van der Waals surface area contributed by atoms with Gasteiger partial charge in [-0.15, -0.1) is 12.4 Å². The van der Waals surface area contributed by atoms with Crippen LogP contribution in [0.3, 0.4) is 0 Å². The molecule has 0 fully saturated rings. The fraction of sp³-hybridized carbons (Fsp3) is 0.455. The fourth-order valence-corrected chi connectivity index (χ4v) is 1.45. The molecule has 2 N–H and O–H groups in total. The van der Waals surface area contributed by atoms with Crippen LogP contribution in [0.2, 0.25) is 0 Å². The molecule has 1 aromatic rings. The second-order valence-corrected chi connectivity index (χ2v) is 3.62. The van der Waals surface area contributed by atoms with Gasteiger partial charge in [0.15, 0.2) is 11.6 Å². The normalized spacial score (nSPS) is 12.8. The minimum atomic E-state index is -4.28. The standard InChI is InChI=1S/C11H13F4NO.ClH/c1-17-9-4-2-3-7(10(9)12)8(16)5-6-11(13,14)15;/h2-4,8H,5-6,16H2,1H3;1H/t8-;/m0./s1. The van der Waals surface area contributed by atoms with Crippen LogP contribution in [0.1, 0.15) is 24.4 Å². The fourth-order valence-electron chi connectivity index (χ4n) is 1.45. The van der Waals surface area contributed by atoms with E-state index in [1.165, 1.54) is 25.3 Å². The highest BCUT2D eigenvalue weighted by Gasteiger charge is 2.28. The molecule has 0 saturated carbocycles. The number of hydrogen-bond donors (Lipinski definition) is 1. The summed E-state index contributed by atoms with van der Waals surface area (Å²) >= 11 is 0. The molecule has 0 unspecified atom stereocenters. The number of rotatable bonds is 4. The molecule has 0 heterocycles. The number of ether oxygens (including phenoxy) is 1. The zero-order valence-electron chi connectivity index (χ0n) is 9.63. The van der Waals surface area contributed by atoms with Gasteiger partial charge >= 0.3 is 6.18 Å². The van der Waals surface area contributed by atoms with Crippen molar-refractivity contribution in [2.24, 2.45) is 5.73 Å². The van der Waals surface area contributed by atoms with Crippen LogP contribution in [0.5, 0.6) is 5.75 Å². The van der Waals surface area contributed by atoms with E-state index < -0.39 is 24.5 Å². The first-order chi connectivity index (χ1) is 7.85. The number of benzene rings is 1. The molecule has 0 aliphatic heterocycles. The van der Waals surface area contributed by atoms with Crippen molar-refractivity contribution in [2.45, 2.75) is 25.1 Å². The summed E-state index contributed by atoms with van der Waals surface area (Å²) in [5.74, 6) is -0.727. The monoisotopic (exact) mass is 287 g/mol. The smallest absolute Gasteiger partial charge is 0.389 e. The molecule has 1 aromatic carbocycles. The number of methoxy groups -OCH3 is 1. The van der Waals surface area contributed by atoms with Crippen molar-refractivity contribution in [3.63, 3.8) is 0 Å². The topological polar surface area (TPSA) is 35.2 Å². The van der Waals surface area contributed by atoms with Gasteiger partial charge in [0.1, 0.15) is 0 Å². The zero-order chi connectivity index (χ0) is 13.1. The Balaban J connectivity index is 0.00000289. The largest absolute Gasteiger partial charge is 0.494 e. The predicted octanol–water partition coefficient (Wildman–Crippen LogP) is 3.60. The first-order valence-corrected chi connectivity index (χ1v) is 5.00. The molecule has 18 heavy (non-hydrogen) atoms. The third-order valence-corrected chi connectivity index (χ3v) is 2.35. The van der Waals surface area contributed by atoms with E-state index in [9.17, 15) is 17.6 Å². The highest BCUT2D eigenvalue weighted by atomic mass is 35.5. The maximum atomic E-state index is 13.7. The van der Waals surface area contributed by atoms with E-state index in [2.05, 4.69) is 0 Å². The van der Waals surface area contributed by atoms with Gasteiger partial charge < -0.3 is 10.5 Å². The molecule has 0 radical (unpaired) electrons. The SMILES string of the molecule is COc1cccc([C@@H](N)CCC(F)(F)F)c1F.Cl. The summed E-state index contributed by atoms with van der Waals surface area (Å²) in [6.45, 7) is 0. The van der Waals surface area contributed by atoms with Gasteiger partial charge in [0.25, 0.3) is 0 Å². The molecule has 0 amide bonds. The van der Waals surface area contributed by atoms with Gasteiger partial charge in [-0.1, -0.05) is 12.1 Å². The lowest BCUT2D eigenvalue weighted by Gasteiger charge is -2.15. The third kappa shape index (κ3) is 4.70. The first kappa shape index (κ1) is 17.0. The Hall–Kier alpha value is -1.01. The second kappa shape index (κ2) is 6.80. The quantitative estimate of drug-likeness (QED) is 0.859. The van der Waals surface area contributed by atoms with E-state index in [0.29, 0.717) is 0 Å². The lowest BCUT2D eigenvalue weighted by atomic mass is 10.0. The molecule has 0 bridgehead atoms. The Bertz CT molecular complexity index is 384. The molecule has 0 spiro atoms. The van der Waals surface area contributed by atoms with E-state index in [-0.39, 0.29) is 30.1 Å². The van der Waals surface area contributed by atoms with E-state index >= 15 is 0 Å². The first-order valence-electron chi connectivity index (χ1n) is 5.00. The van der Waals surface area contributed by atoms with Gasteiger partial charge in [-0.3, -0.25) is 0 Å². The van der Waals surface area contributed by atoms with Gasteiger partial charge in [-0.2, -0.15) is 13.2 Å². The summed E-state index contributed by atoms with van der Waals surface area (Å²) in [5.41, 5.74) is 5.57. The second-order valence-electron chi connectivity index (χ2n) is 3.62. The lowest BCUT2D eigenvalue weighted by molar-refractivity contribution is -0.136. The molecular weight excluding hydrogens is 274 g/mol. The van der Waals surface area contributed by atoms with Crippen molar-refractivity contribution < 1.29 is 22.3 Å². The molecular formula is C11H14ClF4NO. The highest BCUT2D eigenvalue weighted by Crippen LogP contribution is 2.29. The maximum Gasteiger partial charge on any atom is 0.389 e. The Labute approximate surface area is 109 Å². The van der Waals surface area contributed by atoms with Crippen molar-refractivity contribution >= 4 is 12.4 Å². The molecule has 0 saturated heterocycles. The Morgan fingerprint density at radius 1 is 1.33 bits per heavy atom. The molecule has 1 atom stereocenters. The average molecular weight is 288 g/mol. The number of halogens is 5. The maximum absolute atomic E-state index is 13.7. The minimum Gasteiger partial charge on any atom is -0.494 e. The van der Waals surface area contributed by atoms with E-state index in [1.807, 2.05) is 0 Å². The molecule has 2 nitrogen and oxygen atoms in total. The van der Waals surface area contributed by atoms with Crippen LogP contribution >= 0.6 is 12.4 Å². The number of nitrogens with two attached hydrogens (primary N) is 1. The number of alkyl halides is 3. The van der Waals surface area contributed by atoms with E-state index in [1.54, 1.807) is 0 Å². The predicted molar refractivity (Wildman–Crippen MR) is 62.4 cm³/mol.